The van der Waals surface area contributed by atoms with Crippen LogP contribution in [0, 0.1) is 11.8 Å². The van der Waals surface area contributed by atoms with Gasteiger partial charge in [0.1, 0.15) is 0 Å². The number of hydrogen-bond donors (Lipinski definition) is 1. The molecule has 6 heteroatoms. The SMILES string of the molecule is CC1CC(C(=O)O)CN(S(=O)(=O)c2cccc(C(C)C)c2)C1. The summed E-state index contributed by atoms with van der Waals surface area (Å²) in [6.45, 7) is 6.33. The normalized spacial score (nSPS) is 23.6. The first-order chi connectivity index (χ1) is 10.2. The fourth-order valence-electron chi connectivity index (χ4n) is 2.86. The van der Waals surface area contributed by atoms with E-state index < -0.39 is 21.9 Å². The van der Waals surface area contributed by atoms with Gasteiger partial charge in [-0.05, 0) is 36.0 Å². The number of nitrogens with zero attached hydrogens (tertiary/aromatic N) is 1. The smallest absolute Gasteiger partial charge is 0.307 e. The Bertz CT molecular complexity index is 654. The lowest BCUT2D eigenvalue weighted by Gasteiger charge is -2.33. The summed E-state index contributed by atoms with van der Waals surface area (Å²) in [6.07, 6.45) is 0.521. The molecule has 1 aromatic rings. The molecule has 1 fully saturated rings. The third-order valence-corrected chi connectivity index (χ3v) is 5.97. The summed E-state index contributed by atoms with van der Waals surface area (Å²) in [4.78, 5) is 11.5. The minimum Gasteiger partial charge on any atom is -0.481 e. The lowest BCUT2D eigenvalue weighted by atomic mass is 9.92. The summed E-state index contributed by atoms with van der Waals surface area (Å²) in [6, 6.07) is 6.91. The highest BCUT2D eigenvalue weighted by Crippen LogP contribution is 2.28. The first-order valence-corrected chi connectivity index (χ1v) is 8.98. The molecule has 1 aliphatic rings. The molecule has 2 unspecified atom stereocenters. The molecule has 0 aromatic heterocycles. The number of carbonyl (C=O) groups is 1. The number of rotatable bonds is 4. The Morgan fingerprint density at radius 3 is 2.59 bits per heavy atom. The number of carboxylic acids is 1. The van der Waals surface area contributed by atoms with Crippen LogP contribution >= 0.6 is 0 Å². The Hall–Kier alpha value is -1.40. The van der Waals surface area contributed by atoms with Crippen LogP contribution in [0.15, 0.2) is 29.2 Å². The van der Waals surface area contributed by atoms with E-state index in [0.717, 1.165) is 5.56 Å². The molecule has 1 N–H and O–H groups in total. The number of aliphatic carboxylic acids is 1. The molecule has 122 valence electrons. The van der Waals surface area contributed by atoms with Crippen LogP contribution in [0.2, 0.25) is 0 Å². The molecular formula is C16H23NO4S. The van der Waals surface area contributed by atoms with Crippen molar-refractivity contribution < 1.29 is 18.3 Å². The van der Waals surface area contributed by atoms with E-state index in [9.17, 15) is 18.3 Å². The monoisotopic (exact) mass is 325 g/mol. The van der Waals surface area contributed by atoms with Crippen LogP contribution in [-0.2, 0) is 14.8 Å². The predicted molar refractivity (Wildman–Crippen MR) is 84.2 cm³/mol. The van der Waals surface area contributed by atoms with Crippen LogP contribution in [-0.4, -0.2) is 36.9 Å². The molecule has 5 nitrogen and oxygen atoms in total. The molecule has 22 heavy (non-hydrogen) atoms. The lowest BCUT2D eigenvalue weighted by Crippen LogP contribution is -2.45. The zero-order valence-corrected chi connectivity index (χ0v) is 14.0. The Kier molecular flexibility index (Phi) is 4.92. The molecule has 0 bridgehead atoms. The summed E-state index contributed by atoms with van der Waals surface area (Å²) in [5.74, 6) is -1.28. The van der Waals surface area contributed by atoms with Gasteiger partial charge in [0.2, 0.25) is 10.0 Å². The van der Waals surface area contributed by atoms with Gasteiger partial charge in [0.25, 0.3) is 0 Å². The fraction of sp³-hybridized carbons (Fsp3) is 0.562. The summed E-state index contributed by atoms with van der Waals surface area (Å²) < 4.78 is 26.9. The first kappa shape index (κ1) is 17.0. The molecule has 0 spiro atoms. The quantitative estimate of drug-likeness (QED) is 0.923. The van der Waals surface area contributed by atoms with E-state index in [1.807, 2.05) is 26.8 Å². The van der Waals surface area contributed by atoms with Crippen molar-refractivity contribution in [3.05, 3.63) is 29.8 Å². The van der Waals surface area contributed by atoms with Crippen molar-refractivity contribution in [1.82, 2.24) is 4.31 Å². The molecule has 0 saturated carbocycles. The third-order valence-electron chi connectivity index (χ3n) is 4.14. The van der Waals surface area contributed by atoms with Gasteiger partial charge in [-0.3, -0.25) is 4.79 Å². The molecule has 1 aromatic carbocycles. The van der Waals surface area contributed by atoms with Crippen molar-refractivity contribution in [2.75, 3.05) is 13.1 Å². The molecule has 1 aliphatic heterocycles. The summed E-state index contributed by atoms with van der Waals surface area (Å²) >= 11 is 0. The molecule has 0 radical (unpaired) electrons. The molecule has 1 heterocycles. The number of carboxylic acid groups (broad SMARTS) is 1. The number of benzene rings is 1. The maximum Gasteiger partial charge on any atom is 0.307 e. The predicted octanol–water partition coefficient (Wildman–Crippen LogP) is 2.54. The van der Waals surface area contributed by atoms with Crippen LogP contribution in [0.1, 0.15) is 38.7 Å². The van der Waals surface area contributed by atoms with E-state index in [1.54, 1.807) is 18.2 Å². The molecule has 1 saturated heterocycles. The van der Waals surface area contributed by atoms with Gasteiger partial charge in [0.05, 0.1) is 10.8 Å². The zero-order valence-electron chi connectivity index (χ0n) is 13.2. The third kappa shape index (κ3) is 3.50. The highest BCUT2D eigenvalue weighted by Gasteiger charge is 2.36. The van der Waals surface area contributed by atoms with Gasteiger partial charge in [-0.1, -0.05) is 32.9 Å². The fourth-order valence-corrected chi connectivity index (χ4v) is 4.52. The topological polar surface area (TPSA) is 74.7 Å². The number of piperidine rings is 1. The van der Waals surface area contributed by atoms with Crippen molar-refractivity contribution in [3.63, 3.8) is 0 Å². The molecule has 2 atom stereocenters. The Balaban J connectivity index is 2.33. The Morgan fingerprint density at radius 1 is 1.32 bits per heavy atom. The zero-order chi connectivity index (χ0) is 16.5. The summed E-state index contributed by atoms with van der Waals surface area (Å²) in [5, 5.41) is 9.21. The van der Waals surface area contributed by atoms with Gasteiger partial charge >= 0.3 is 5.97 Å². The van der Waals surface area contributed by atoms with E-state index in [4.69, 9.17) is 0 Å². The molecule has 0 amide bonds. The maximum atomic E-state index is 12.8. The standard InChI is InChI=1S/C16H23NO4S/c1-11(2)13-5-4-6-15(8-13)22(20,21)17-9-12(3)7-14(10-17)16(18)19/h4-6,8,11-12,14H,7,9-10H2,1-3H3,(H,18,19). The van der Waals surface area contributed by atoms with E-state index >= 15 is 0 Å². The lowest BCUT2D eigenvalue weighted by molar-refractivity contribution is -0.143. The minimum absolute atomic E-state index is 0.0397. The molecule has 2 rings (SSSR count). The van der Waals surface area contributed by atoms with Crippen molar-refractivity contribution in [2.45, 2.75) is 38.0 Å². The van der Waals surface area contributed by atoms with Crippen molar-refractivity contribution in [1.29, 1.82) is 0 Å². The van der Waals surface area contributed by atoms with Gasteiger partial charge < -0.3 is 5.11 Å². The first-order valence-electron chi connectivity index (χ1n) is 7.54. The highest BCUT2D eigenvalue weighted by molar-refractivity contribution is 7.89. The van der Waals surface area contributed by atoms with Gasteiger partial charge in [-0.15, -0.1) is 0 Å². The van der Waals surface area contributed by atoms with Crippen LogP contribution in [0.25, 0.3) is 0 Å². The average Bonchev–Trinajstić information content (AvgIpc) is 2.46. The van der Waals surface area contributed by atoms with Gasteiger partial charge in [0.15, 0.2) is 0 Å². The maximum absolute atomic E-state index is 12.8. The molecular weight excluding hydrogens is 302 g/mol. The molecule has 0 aliphatic carbocycles. The van der Waals surface area contributed by atoms with E-state index in [2.05, 4.69) is 0 Å². The van der Waals surface area contributed by atoms with E-state index in [-0.39, 0.29) is 23.3 Å². The number of sulfonamides is 1. The van der Waals surface area contributed by atoms with Crippen LogP contribution in [0.5, 0.6) is 0 Å². The summed E-state index contributed by atoms with van der Waals surface area (Å²) in [7, 11) is -3.65. The van der Waals surface area contributed by atoms with Gasteiger partial charge in [-0.2, -0.15) is 4.31 Å². The van der Waals surface area contributed by atoms with E-state index in [1.165, 1.54) is 4.31 Å². The van der Waals surface area contributed by atoms with E-state index in [0.29, 0.717) is 13.0 Å². The minimum atomic E-state index is -3.65. The second-order valence-corrected chi connectivity index (χ2v) is 8.36. The second-order valence-electron chi connectivity index (χ2n) is 6.43. The largest absolute Gasteiger partial charge is 0.481 e. The van der Waals surface area contributed by atoms with Gasteiger partial charge in [-0.25, -0.2) is 8.42 Å². The van der Waals surface area contributed by atoms with Crippen LogP contribution < -0.4 is 0 Å². The average molecular weight is 325 g/mol. The number of hydrogen-bond acceptors (Lipinski definition) is 3. The van der Waals surface area contributed by atoms with Crippen molar-refractivity contribution in [2.24, 2.45) is 11.8 Å². The van der Waals surface area contributed by atoms with Crippen LogP contribution in [0.3, 0.4) is 0 Å². The Morgan fingerprint density at radius 2 is 2.00 bits per heavy atom. The van der Waals surface area contributed by atoms with Crippen molar-refractivity contribution in [3.8, 4) is 0 Å². The highest BCUT2D eigenvalue weighted by atomic mass is 32.2. The van der Waals surface area contributed by atoms with Gasteiger partial charge in [0, 0.05) is 13.1 Å². The summed E-state index contributed by atoms with van der Waals surface area (Å²) in [5.41, 5.74) is 0.959. The van der Waals surface area contributed by atoms with Crippen molar-refractivity contribution >= 4 is 16.0 Å². The Labute approximate surface area is 132 Å². The van der Waals surface area contributed by atoms with Crippen LogP contribution in [0.4, 0.5) is 0 Å². The second kappa shape index (κ2) is 6.38.